The van der Waals surface area contributed by atoms with E-state index in [-0.39, 0.29) is 18.0 Å². The van der Waals surface area contributed by atoms with E-state index in [1.165, 1.54) is 5.56 Å². The summed E-state index contributed by atoms with van der Waals surface area (Å²) in [7, 11) is 0. The summed E-state index contributed by atoms with van der Waals surface area (Å²) in [6.45, 7) is 6.80. The maximum Gasteiger partial charge on any atom is 0.310 e. The van der Waals surface area contributed by atoms with Crippen LogP contribution in [0.15, 0.2) is 24.3 Å². The second-order valence-corrected chi connectivity index (χ2v) is 7.15. The molecule has 5 nitrogen and oxygen atoms in total. The number of benzene rings is 1. The van der Waals surface area contributed by atoms with Crippen molar-refractivity contribution in [1.29, 1.82) is 0 Å². The minimum atomic E-state index is -0.778. The lowest BCUT2D eigenvalue weighted by Gasteiger charge is -2.31. The Labute approximate surface area is 136 Å². The van der Waals surface area contributed by atoms with Gasteiger partial charge in [0.2, 0.25) is 5.91 Å². The smallest absolute Gasteiger partial charge is 0.310 e. The average molecular weight is 316 g/mol. The van der Waals surface area contributed by atoms with Crippen molar-refractivity contribution >= 4 is 17.6 Å². The lowest BCUT2D eigenvalue weighted by molar-refractivity contribution is -0.147. The number of hydrogen-bond donors (Lipinski definition) is 1. The van der Waals surface area contributed by atoms with Crippen LogP contribution in [0.1, 0.15) is 32.8 Å². The van der Waals surface area contributed by atoms with Gasteiger partial charge in [-0.2, -0.15) is 0 Å². The number of anilines is 1. The molecule has 3 rings (SSSR count). The number of fused-ring (bicyclic) bond motifs is 1. The maximum absolute atomic E-state index is 13.0. The van der Waals surface area contributed by atoms with Crippen molar-refractivity contribution in [2.24, 2.45) is 5.41 Å². The van der Waals surface area contributed by atoms with Gasteiger partial charge in [0.1, 0.15) is 0 Å². The molecule has 0 saturated carbocycles. The van der Waals surface area contributed by atoms with Crippen LogP contribution in [0.25, 0.3) is 0 Å². The van der Waals surface area contributed by atoms with Crippen molar-refractivity contribution < 1.29 is 14.7 Å². The third kappa shape index (κ3) is 2.63. The van der Waals surface area contributed by atoms with Gasteiger partial charge >= 0.3 is 5.97 Å². The maximum atomic E-state index is 13.0. The molecule has 0 aromatic heterocycles. The van der Waals surface area contributed by atoms with Crippen molar-refractivity contribution in [3.8, 4) is 0 Å². The zero-order chi connectivity index (χ0) is 16.8. The van der Waals surface area contributed by atoms with Crippen LogP contribution in [-0.4, -0.2) is 47.1 Å². The molecule has 1 aromatic rings. The Hall–Kier alpha value is -1.88. The Morgan fingerprint density at radius 1 is 1.35 bits per heavy atom. The van der Waals surface area contributed by atoms with E-state index in [1.54, 1.807) is 6.92 Å². The zero-order valence-corrected chi connectivity index (χ0v) is 14.0. The number of carboxylic acid groups (broad SMARTS) is 1. The van der Waals surface area contributed by atoms with E-state index in [9.17, 15) is 14.7 Å². The predicted octanol–water partition coefficient (Wildman–Crippen LogP) is 2.15. The van der Waals surface area contributed by atoms with E-state index in [0.717, 1.165) is 12.1 Å². The number of amides is 1. The van der Waals surface area contributed by atoms with E-state index in [2.05, 4.69) is 13.0 Å². The summed E-state index contributed by atoms with van der Waals surface area (Å²) in [6, 6.07) is 7.87. The molecular weight excluding hydrogens is 292 g/mol. The number of likely N-dealkylation sites (tertiary alicyclic amines) is 1. The first-order valence-electron chi connectivity index (χ1n) is 8.22. The fraction of sp³-hybridized carbons (Fsp3) is 0.556. The van der Waals surface area contributed by atoms with Gasteiger partial charge in [0.05, 0.1) is 11.5 Å². The summed E-state index contributed by atoms with van der Waals surface area (Å²) in [4.78, 5) is 28.3. The van der Waals surface area contributed by atoms with Crippen molar-refractivity contribution in [2.75, 3.05) is 18.0 Å². The van der Waals surface area contributed by atoms with E-state index in [4.69, 9.17) is 0 Å². The molecule has 3 unspecified atom stereocenters. The lowest BCUT2D eigenvalue weighted by Crippen LogP contribution is -2.49. The second kappa shape index (κ2) is 5.64. The molecule has 3 atom stereocenters. The summed E-state index contributed by atoms with van der Waals surface area (Å²) in [5.74, 6) is -0.711. The van der Waals surface area contributed by atoms with Crippen molar-refractivity contribution in [3.05, 3.63) is 29.8 Å². The molecule has 0 aliphatic carbocycles. The Bertz CT molecular complexity index is 645. The van der Waals surface area contributed by atoms with E-state index >= 15 is 0 Å². The SMILES string of the molecule is CC(C(=O)N1c2ccccc2CC1C)N1CCC(C)(C(=O)O)C1. The van der Waals surface area contributed by atoms with Gasteiger partial charge in [0.25, 0.3) is 0 Å². The van der Waals surface area contributed by atoms with Crippen LogP contribution in [0, 0.1) is 5.41 Å². The highest BCUT2D eigenvalue weighted by atomic mass is 16.4. The van der Waals surface area contributed by atoms with Gasteiger partial charge in [0.15, 0.2) is 0 Å². The number of carbonyl (C=O) groups is 2. The monoisotopic (exact) mass is 316 g/mol. The molecule has 1 aromatic carbocycles. The van der Waals surface area contributed by atoms with Gasteiger partial charge in [-0.3, -0.25) is 14.5 Å². The molecule has 1 fully saturated rings. The highest BCUT2D eigenvalue weighted by Crippen LogP contribution is 2.35. The quantitative estimate of drug-likeness (QED) is 0.928. The molecule has 5 heteroatoms. The van der Waals surface area contributed by atoms with Crippen LogP contribution in [0.4, 0.5) is 5.69 Å². The molecule has 2 heterocycles. The van der Waals surface area contributed by atoms with E-state index in [1.807, 2.05) is 34.9 Å². The summed E-state index contributed by atoms with van der Waals surface area (Å²) >= 11 is 0. The highest BCUT2D eigenvalue weighted by Gasteiger charge is 2.44. The number of para-hydroxylation sites is 1. The Morgan fingerprint density at radius 3 is 2.70 bits per heavy atom. The molecule has 0 radical (unpaired) electrons. The zero-order valence-electron chi connectivity index (χ0n) is 14.0. The number of hydrogen-bond acceptors (Lipinski definition) is 3. The van der Waals surface area contributed by atoms with Gasteiger partial charge in [-0.25, -0.2) is 0 Å². The second-order valence-electron chi connectivity index (χ2n) is 7.15. The summed E-state index contributed by atoms with van der Waals surface area (Å²) in [5, 5.41) is 9.37. The van der Waals surface area contributed by atoms with Crippen molar-refractivity contribution in [2.45, 2.75) is 45.7 Å². The van der Waals surface area contributed by atoms with E-state index in [0.29, 0.717) is 19.5 Å². The molecule has 23 heavy (non-hydrogen) atoms. The number of carbonyl (C=O) groups excluding carboxylic acids is 1. The molecule has 124 valence electrons. The number of rotatable bonds is 3. The molecular formula is C18H24N2O3. The number of aliphatic carboxylic acids is 1. The third-order valence-corrected chi connectivity index (χ3v) is 5.37. The first kappa shape index (κ1) is 16.0. The van der Waals surface area contributed by atoms with Crippen molar-refractivity contribution in [3.63, 3.8) is 0 Å². The van der Waals surface area contributed by atoms with Crippen LogP contribution in [0.3, 0.4) is 0 Å². The van der Waals surface area contributed by atoms with Gasteiger partial charge in [-0.1, -0.05) is 18.2 Å². The van der Waals surface area contributed by atoms with Crippen LogP contribution < -0.4 is 4.90 Å². The first-order chi connectivity index (χ1) is 10.8. The Morgan fingerprint density at radius 2 is 2.04 bits per heavy atom. The van der Waals surface area contributed by atoms with Crippen LogP contribution in [-0.2, 0) is 16.0 Å². The fourth-order valence-electron chi connectivity index (χ4n) is 3.76. The van der Waals surface area contributed by atoms with Crippen molar-refractivity contribution in [1.82, 2.24) is 4.90 Å². The molecule has 1 saturated heterocycles. The largest absolute Gasteiger partial charge is 0.481 e. The van der Waals surface area contributed by atoms with Crippen LogP contribution >= 0.6 is 0 Å². The third-order valence-electron chi connectivity index (χ3n) is 5.37. The molecule has 2 aliphatic heterocycles. The fourth-order valence-corrected chi connectivity index (χ4v) is 3.76. The Kier molecular flexibility index (Phi) is 3.92. The normalized spacial score (nSPS) is 28.7. The predicted molar refractivity (Wildman–Crippen MR) is 88.5 cm³/mol. The van der Waals surface area contributed by atoms with Gasteiger partial charge in [-0.05, 0) is 45.2 Å². The molecule has 0 bridgehead atoms. The topological polar surface area (TPSA) is 60.9 Å². The molecule has 2 aliphatic rings. The minimum Gasteiger partial charge on any atom is -0.481 e. The Balaban J connectivity index is 1.78. The number of carboxylic acids is 1. The minimum absolute atomic E-state index is 0.0667. The standard InChI is InChI=1S/C18H24N2O3/c1-12-10-14-6-4-5-7-15(14)20(12)16(21)13(2)19-9-8-18(3,11-19)17(22)23/h4-7,12-13H,8-11H2,1-3H3,(H,22,23). The highest BCUT2D eigenvalue weighted by molar-refractivity contribution is 5.99. The summed E-state index contributed by atoms with van der Waals surface area (Å²) < 4.78 is 0. The average Bonchev–Trinajstić information content (AvgIpc) is 3.06. The first-order valence-corrected chi connectivity index (χ1v) is 8.22. The van der Waals surface area contributed by atoms with Gasteiger partial charge in [-0.15, -0.1) is 0 Å². The molecule has 1 amide bonds. The summed E-state index contributed by atoms with van der Waals surface area (Å²) in [5.41, 5.74) is 1.46. The van der Waals surface area contributed by atoms with E-state index < -0.39 is 11.4 Å². The van der Waals surface area contributed by atoms with Gasteiger partial charge < -0.3 is 10.0 Å². The number of nitrogens with zero attached hydrogens (tertiary/aromatic N) is 2. The van der Waals surface area contributed by atoms with Gasteiger partial charge in [0, 0.05) is 24.8 Å². The van der Waals surface area contributed by atoms with Crippen LogP contribution in [0.5, 0.6) is 0 Å². The lowest BCUT2D eigenvalue weighted by atomic mass is 9.90. The molecule has 1 N–H and O–H groups in total. The summed E-state index contributed by atoms with van der Waals surface area (Å²) in [6.07, 6.45) is 1.47. The van der Waals surface area contributed by atoms with Crippen LogP contribution in [0.2, 0.25) is 0 Å². The molecule has 0 spiro atoms.